The van der Waals surface area contributed by atoms with Gasteiger partial charge in [-0.1, -0.05) is 48.5 Å². The van der Waals surface area contributed by atoms with Crippen LogP contribution in [0.2, 0.25) is 0 Å². The molecular weight excluding hydrogens is 256 g/mol. The van der Waals surface area contributed by atoms with Gasteiger partial charge in [0.05, 0.1) is 0 Å². The summed E-state index contributed by atoms with van der Waals surface area (Å²) in [5.74, 6) is -1.98. The van der Waals surface area contributed by atoms with Gasteiger partial charge in [0, 0.05) is 5.56 Å². The van der Waals surface area contributed by atoms with E-state index in [1.54, 1.807) is 24.3 Å². The first-order valence-electron chi connectivity index (χ1n) is 6.16. The van der Waals surface area contributed by atoms with Crippen LogP contribution >= 0.6 is 0 Å². The van der Waals surface area contributed by atoms with Crippen molar-refractivity contribution in [3.8, 4) is 5.75 Å². The van der Waals surface area contributed by atoms with Crippen LogP contribution in [-0.2, 0) is 16.2 Å². The topological polar surface area (TPSA) is 63.6 Å². The molecule has 0 heterocycles. The van der Waals surface area contributed by atoms with Crippen LogP contribution in [0.5, 0.6) is 5.75 Å². The Morgan fingerprint density at radius 1 is 1.10 bits per heavy atom. The number of ether oxygens (including phenoxy) is 1. The zero-order chi connectivity index (χ0) is 14.4. The number of carboxylic acids is 1. The van der Waals surface area contributed by atoms with Crippen LogP contribution in [0.3, 0.4) is 0 Å². The van der Waals surface area contributed by atoms with Crippen LogP contribution in [0.15, 0.2) is 54.6 Å². The Kier molecular flexibility index (Phi) is 4.50. The quantitative estimate of drug-likeness (QED) is 0.647. The highest BCUT2D eigenvalue weighted by molar-refractivity contribution is 5.93. The maximum atomic E-state index is 11.1. The Bertz CT molecular complexity index is 592. The minimum Gasteiger partial charge on any atom is -0.489 e. The molecule has 0 radical (unpaired) electrons. The molecule has 0 aromatic heterocycles. The van der Waals surface area contributed by atoms with Crippen LogP contribution in [0.1, 0.15) is 17.0 Å². The predicted octanol–water partition coefficient (Wildman–Crippen LogP) is 2.63. The fraction of sp³-hybridized carbons (Fsp3) is 0.125. The Morgan fingerprint density at radius 3 is 2.40 bits per heavy atom. The SMILES string of the molecule is O=CC(C(=O)O)c1ccccc1OCc1ccccc1. The summed E-state index contributed by atoms with van der Waals surface area (Å²) in [5.41, 5.74) is 1.34. The number of carbonyl (C=O) groups excluding carboxylic acids is 1. The van der Waals surface area contributed by atoms with Gasteiger partial charge < -0.3 is 14.6 Å². The lowest BCUT2D eigenvalue weighted by atomic mass is 10.00. The Hall–Kier alpha value is -2.62. The van der Waals surface area contributed by atoms with Crippen molar-refractivity contribution >= 4 is 12.3 Å². The minimum atomic E-state index is -1.21. The summed E-state index contributed by atoms with van der Waals surface area (Å²) in [4.78, 5) is 22.0. The summed E-state index contributed by atoms with van der Waals surface area (Å²) in [7, 11) is 0. The molecule has 0 amide bonds. The number of aliphatic carboxylic acids is 1. The molecule has 1 unspecified atom stereocenters. The van der Waals surface area contributed by atoms with Crippen LogP contribution in [0.4, 0.5) is 0 Å². The highest BCUT2D eigenvalue weighted by Crippen LogP contribution is 2.26. The summed E-state index contributed by atoms with van der Waals surface area (Å²) >= 11 is 0. The van der Waals surface area contributed by atoms with Crippen LogP contribution in [0, 0.1) is 0 Å². The second-order valence-electron chi connectivity index (χ2n) is 4.26. The molecule has 1 atom stereocenters. The van der Waals surface area contributed by atoms with E-state index >= 15 is 0 Å². The lowest BCUT2D eigenvalue weighted by Crippen LogP contribution is -2.14. The van der Waals surface area contributed by atoms with E-state index in [9.17, 15) is 9.59 Å². The molecule has 0 aliphatic heterocycles. The fourth-order valence-corrected chi connectivity index (χ4v) is 1.87. The second-order valence-corrected chi connectivity index (χ2v) is 4.26. The van der Waals surface area contributed by atoms with Gasteiger partial charge in [0.2, 0.25) is 0 Å². The van der Waals surface area contributed by atoms with Crippen molar-refractivity contribution in [2.24, 2.45) is 0 Å². The third-order valence-electron chi connectivity index (χ3n) is 2.89. The molecule has 0 aliphatic carbocycles. The molecule has 102 valence electrons. The molecule has 0 bridgehead atoms. The van der Waals surface area contributed by atoms with Gasteiger partial charge in [-0.05, 0) is 11.6 Å². The number of rotatable bonds is 6. The van der Waals surface area contributed by atoms with Crippen molar-refractivity contribution < 1.29 is 19.4 Å². The molecule has 0 saturated carbocycles. The van der Waals surface area contributed by atoms with Gasteiger partial charge >= 0.3 is 5.97 Å². The Labute approximate surface area is 116 Å². The maximum Gasteiger partial charge on any atom is 0.318 e. The standard InChI is InChI=1S/C16H14O4/c17-10-14(16(18)19)13-8-4-5-9-15(13)20-11-12-6-2-1-3-7-12/h1-10,14H,11H2,(H,18,19). The van der Waals surface area contributed by atoms with Crippen molar-refractivity contribution in [3.63, 3.8) is 0 Å². The molecule has 0 spiro atoms. The molecule has 0 aliphatic rings. The van der Waals surface area contributed by atoms with Gasteiger partial charge in [0.25, 0.3) is 0 Å². The number of carbonyl (C=O) groups is 2. The molecule has 2 aromatic carbocycles. The number of benzene rings is 2. The minimum absolute atomic E-state index is 0.322. The number of hydrogen-bond acceptors (Lipinski definition) is 3. The average Bonchev–Trinajstić information content (AvgIpc) is 2.48. The van der Waals surface area contributed by atoms with Gasteiger partial charge in [-0.2, -0.15) is 0 Å². The summed E-state index contributed by atoms with van der Waals surface area (Å²) in [6, 6.07) is 16.2. The van der Waals surface area contributed by atoms with Crippen molar-refractivity contribution in [2.75, 3.05) is 0 Å². The van der Waals surface area contributed by atoms with Crippen molar-refractivity contribution in [3.05, 3.63) is 65.7 Å². The first-order valence-corrected chi connectivity index (χ1v) is 6.16. The lowest BCUT2D eigenvalue weighted by Gasteiger charge is -2.13. The van der Waals surface area contributed by atoms with Gasteiger partial charge in [0.15, 0.2) is 0 Å². The van der Waals surface area contributed by atoms with Crippen LogP contribution in [0.25, 0.3) is 0 Å². The maximum absolute atomic E-state index is 11.1. The van der Waals surface area contributed by atoms with E-state index in [2.05, 4.69) is 0 Å². The second kappa shape index (κ2) is 6.52. The molecule has 2 aromatic rings. The number of hydrogen-bond donors (Lipinski definition) is 1. The lowest BCUT2D eigenvalue weighted by molar-refractivity contribution is -0.140. The third kappa shape index (κ3) is 3.23. The van der Waals surface area contributed by atoms with Gasteiger partial charge in [-0.15, -0.1) is 0 Å². The van der Waals surface area contributed by atoms with Crippen LogP contribution < -0.4 is 4.74 Å². The number of carboxylic acid groups (broad SMARTS) is 1. The van der Waals surface area contributed by atoms with Crippen molar-refractivity contribution in [1.29, 1.82) is 0 Å². The highest BCUT2D eigenvalue weighted by Gasteiger charge is 2.22. The van der Waals surface area contributed by atoms with E-state index in [4.69, 9.17) is 9.84 Å². The van der Waals surface area contributed by atoms with E-state index < -0.39 is 11.9 Å². The van der Waals surface area contributed by atoms with Gasteiger partial charge in [-0.3, -0.25) is 4.79 Å². The Morgan fingerprint density at radius 2 is 1.75 bits per heavy atom. The molecule has 0 fully saturated rings. The smallest absolute Gasteiger partial charge is 0.318 e. The zero-order valence-corrected chi connectivity index (χ0v) is 10.7. The molecule has 1 N–H and O–H groups in total. The Balaban J connectivity index is 2.20. The van der Waals surface area contributed by atoms with Gasteiger partial charge in [0.1, 0.15) is 24.6 Å². The zero-order valence-electron chi connectivity index (χ0n) is 10.7. The van der Waals surface area contributed by atoms with Gasteiger partial charge in [-0.25, -0.2) is 0 Å². The monoisotopic (exact) mass is 270 g/mol. The average molecular weight is 270 g/mol. The molecule has 4 nitrogen and oxygen atoms in total. The normalized spacial score (nSPS) is 11.6. The fourth-order valence-electron chi connectivity index (χ4n) is 1.87. The summed E-state index contributed by atoms with van der Waals surface area (Å²) in [6.07, 6.45) is 0.410. The first-order chi connectivity index (χ1) is 9.72. The van der Waals surface area contributed by atoms with E-state index in [1.807, 2.05) is 30.3 Å². The number of aldehydes is 1. The highest BCUT2D eigenvalue weighted by atomic mass is 16.5. The predicted molar refractivity (Wildman–Crippen MR) is 73.7 cm³/mol. The third-order valence-corrected chi connectivity index (χ3v) is 2.89. The summed E-state index contributed by atoms with van der Waals surface area (Å²) in [6.45, 7) is 0.322. The van der Waals surface area contributed by atoms with E-state index in [0.717, 1.165) is 5.56 Å². The molecule has 20 heavy (non-hydrogen) atoms. The number of para-hydroxylation sites is 1. The van der Waals surface area contributed by atoms with Crippen molar-refractivity contribution in [1.82, 2.24) is 0 Å². The van der Waals surface area contributed by atoms with E-state index in [1.165, 1.54) is 0 Å². The summed E-state index contributed by atoms with van der Waals surface area (Å²) in [5, 5.41) is 9.05. The molecule has 2 rings (SSSR count). The van der Waals surface area contributed by atoms with E-state index in [-0.39, 0.29) is 0 Å². The largest absolute Gasteiger partial charge is 0.489 e. The van der Waals surface area contributed by atoms with E-state index in [0.29, 0.717) is 24.2 Å². The molecular formula is C16H14O4. The first kappa shape index (κ1) is 13.8. The summed E-state index contributed by atoms with van der Waals surface area (Å²) < 4.78 is 5.63. The molecule has 0 saturated heterocycles. The molecule has 4 heteroatoms. The van der Waals surface area contributed by atoms with Crippen molar-refractivity contribution in [2.45, 2.75) is 12.5 Å². The van der Waals surface area contributed by atoms with Crippen LogP contribution in [-0.4, -0.2) is 17.4 Å².